The molecule has 19 heavy (non-hydrogen) atoms. The Morgan fingerprint density at radius 2 is 2.21 bits per heavy atom. The Balaban J connectivity index is 2.65. The van der Waals surface area contributed by atoms with E-state index in [1.807, 2.05) is 11.4 Å². The van der Waals surface area contributed by atoms with Crippen molar-refractivity contribution in [3.8, 4) is 0 Å². The van der Waals surface area contributed by atoms with E-state index < -0.39 is 0 Å². The zero-order valence-corrected chi connectivity index (χ0v) is 13.9. The number of ether oxygens (including phenoxy) is 2. The van der Waals surface area contributed by atoms with Gasteiger partial charge in [0, 0.05) is 31.3 Å². The summed E-state index contributed by atoms with van der Waals surface area (Å²) in [5.41, 5.74) is 0. The smallest absolute Gasteiger partial charge is 0.187 e. The summed E-state index contributed by atoms with van der Waals surface area (Å²) in [6, 6.07) is 2.08. The zero-order chi connectivity index (χ0) is 14.3. The van der Waals surface area contributed by atoms with Crippen LogP contribution >= 0.6 is 27.3 Å². The lowest BCUT2D eigenvalue weighted by Crippen LogP contribution is -2.41. The van der Waals surface area contributed by atoms with Gasteiger partial charge >= 0.3 is 0 Å². The van der Waals surface area contributed by atoms with Crippen LogP contribution in [0.5, 0.6) is 0 Å². The summed E-state index contributed by atoms with van der Waals surface area (Å²) in [4.78, 5) is 15.1. The first kappa shape index (κ1) is 16.8. The Hall–Kier alpha value is -0.270. The predicted octanol–water partition coefficient (Wildman–Crippen LogP) is 2.68. The summed E-state index contributed by atoms with van der Waals surface area (Å²) in [7, 11) is 3.33. The molecule has 0 aliphatic heterocycles. The van der Waals surface area contributed by atoms with Crippen LogP contribution in [0.15, 0.2) is 15.9 Å². The molecule has 0 aromatic carbocycles. The number of rotatable bonds is 9. The molecule has 4 nitrogen and oxygen atoms in total. The van der Waals surface area contributed by atoms with Gasteiger partial charge in [-0.05, 0) is 34.3 Å². The van der Waals surface area contributed by atoms with E-state index >= 15 is 0 Å². The second kappa shape index (κ2) is 8.81. The van der Waals surface area contributed by atoms with Gasteiger partial charge in [0.15, 0.2) is 5.78 Å². The van der Waals surface area contributed by atoms with Crippen LogP contribution in [-0.4, -0.2) is 57.2 Å². The first-order chi connectivity index (χ1) is 9.10. The zero-order valence-electron chi connectivity index (χ0n) is 11.5. The van der Waals surface area contributed by atoms with Gasteiger partial charge in [-0.3, -0.25) is 9.69 Å². The third kappa shape index (κ3) is 5.31. The fourth-order valence-electron chi connectivity index (χ4n) is 1.76. The van der Waals surface area contributed by atoms with Crippen molar-refractivity contribution < 1.29 is 14.3 Å². The SMILES string of the molecule is COCCN(CC(=O)c1sccc1Br)C(C)COC. The maximum Gasteiger partial charge on any atom is 0.187 e. The van der Waals surface area contributed by atoms with Gasteiger partial charge in [0.25, 0.3) is 0 Å². The molecule has 0 N–H and O–H groups in total. The molecule has 0 spiro atoms. The van der Waals surface area contributed by atoms with Gasteiger partial charge in [-0.15, -0.1) is 11.3 Å². The van der Waals surface area contributed by atoms with E-state index in [1.54, 1.807) is 14.2 Å². The van der Waals surface area contributed by atoms with Crippen LogP contribution in [-0.2, 0) is 9.47 Å². The van der Waals surface area contributed by atoms with Crippen LogP contribution in [0, 0.1) is 0 Å². The molecular formula is C13H20BrNO3S. The average Bonchev–Trinajstić information content (AvgIpc) is 2.80. The molecule has 0 saturated heterocycles. The number of carbonyl (C=O) groups is 1. The molecule has 0 aliphatic carbocycles. The lowest BCUT2D eigenvalue weighted by atomic mass is 10.2. The molecule has 0 radical (unpaired) electrons. The fourth-order valence-corrected chi connectivity index (χ4v) is 3.28. The fraction of sp³-hybridized carbons (Fsp3) is 0.615. The van der Waals surface area contributed by atoms with Crippen molar-refractivity contribution in [1.29, 1.82) is 0 Å². The maximum absolute atomic E-state index is 12.3. The molecule has 1 aromatic rings. The van der Waals surface area contributed by atoms with Gasteiger partial charge in [-0.25, -0.2) is 0 Å². The Labute approximate surface area is 126 Å². The second-order valence-electron chi connectivity index (χ2n) is 4.29. The van der Waals surface area contributed by atoms with Crippen molar-refractivity contribution in [2.45, 2.75) is 13.0 Å². The van der Waals surface area contributed by atoms with Crippen LogP contribution in [0.3, 0.4) is 0 Å². The number of thiophene rings is 1. The van der Waals surface area contributed by atoms with Crippen LogP contribution in [0.25, 0.3) is 0 Å². The quantitative estimate of drug-likeness (QED) is 0.642. The van der Waals surface area contributed by atoms with E-state index in [0.717, 1.165) is 15.9 Å². The molecule has 6 heteroatoms. The molecule has 0 saturated carbocycles. The van der Waals surface area contributed by atoms with Gasteiger partial charge in [0.2, 0.25) is 0 Å². The van der Waals surface area contributed by atoms with Gasteiger partial charge in [0.1, 0.15) is 0 Å². The van der Waals surface area contributed by atoms with Crippen molar-refractivity contribution >= 4 is 33.0 Å². The molecular weight excluding hydrogens is 330 g/mol. The number of Topliss-reactive ketones (excluding diaryl/α,β-unsaturated/α-hetero) is 1. The number of hydrogen-bond donors (Lipinski definition) is 0. The van der Waals surface area contributed by atoms with E-state index in [1.165, 1.54) is 11.3 Å². The number of methoxy groups -OCH3 is 2. The largest absolute Gasteiger partial charge is 0.383 e. The molecule has 1 unspecified atom stereocenters. The minimum Gasteiger partial charge on any atom is -0.383 e. The van der Waals surface area contributed by atoms with Gasteiger partial charge in [0.05, 0.1) is 24.6 Å². The third-order valence-electron chi connectivity index (χ3n) is 2.83. The van der Waals surface area contributed by atoms with Crippen molar-refractivity contribution in [3.05, 3.63) is 20.8 Å². The maximum atomic E-state index is 12.3. The van der Waals surface area contributed by atoms with E-state index in [-0.39, 0.29) is 11.8 Å². The van der Waals surface area contributed by atoms with E-state index in [4.69, 9.17) is 9.47 Å². The molecule has 0 fully saturated rings. The van der Waals surface area contributed by atoms with Crippen LogP contribution in [0.2, 0.25) is 0 Å². The molecule has 0 aliphatic rings. The lowest BCUT2D eigenvalue weighted by molar-refractivity contribution is 0.0653. The number of carbonyl (C=O) groups excluding carboxylic acids is 1. The van der Waals surface area contributed by atoms with E-state index in [2.05, 4.69) is 27.8 Å². The summed E-state index contributed by atoms with van der Waals surface area (Å²) < 4.78 is 11.1. The summed E-state index contributed by atoms with van der Waals surface area (Å²) in [6.45, 7) is 4.36. The lowest BCUT2D eigenvalue weighted by Gasteiger charge is -2.27. The van der Waals surface area contributed by atoms with E-state index in [0.29, 0.717) is 19.8 Å². The minimum absolute atomic E-state index is 0.126. The molecule has 1 atom stereocenters. The molecule has 1 rings (SSSR count). The second-order valence-corrected chi connectivity index (χ2v) is 6.06. The van der Waals surface area contributed by atoms with Crippen molar-refractivity contribution in [1.82, 2.24) is 4.90 Å². The highest BCUT2D eigenvalue weighted by atomic mass is 79.9. The first-order valence-electron chi connectivity index (χ1n) is 6.08. The average molecular weight is 350 g/mol. The van der Waals surface area contributed by atoms with Crippen LogP contribution < -0.4 is 0 Å². The highest BCUT2D eigenvalue weighted by Gasteiger charge is 2.20. The predicted molar refractivity (Wildman–Crippen MR) is 81.1 cm³/mol. The number of nitrogens with zero attached hydrogens (tertiary/aromatic N) is 1. The molecule has 1 aromatic heterocycles. The molecule has 108 valence electrons. The van der Waals surface area contributed by atoms with Crippen molar-refractivity contribution in [2.24, 2.45) is 0 Å². The standard InChI is InChI=1S/C13H20BrNO3S/c1-10(9-18-3)15(5-6-17-2)8-12(16)13-11(14)4-7-19-13/h4,7,10H,5-6,8-9H2,1-3H3. The highest BCUT2D eigenvalue weighted by molar-refractivity contribution is 9.10. The van der Waals surface area contributed by atoms with Crippen LogP contribution in [0.4, 0.5) is 0 Å². The number of halogens is 1. The summed E-state index contributed by atoms with van der Waals surface area (Å²) in [5.74, 6) is 0.126. The summed E-state index contributed by atoms with van der Waals surface area (Å²) >= 11 is 4.86. The molecule has 0 bridgehead atoms. The monoisotopic (exact) mass is 349 g/mol. The molecule has 1 heterocycles. The minimum atomic E-state index is 0.126. The topological polar surface area (TPSA) is 38.8 Å². The van der Waals surface area contributed by atoms with Gasteiger partial charge in [-0.2, -0.15) is 0 Å². The summed E-state index contributed by atoms with van der Waals surface area (Å²) in [5, 5.41) is 1.91. The third-order valence-corrected chi connectivity index (χ3v) is 4.71. The number of ketones is 1. The Morgan fingerprint density at radius 3 is 2.74 bits per heavy atom. The van der Waals surface area contributed by atoms with Crippen LogP contribution in [0.1, 0.15) is 16.6 Å². The van der Waals surface area contributed by atoms with Crippen molar-refractivity contribution in [2.75, 3.05) is 40.5 Å². The van der Waals surface area contributed by atoms with E-state index in [9.17, 15) is 4.79 Å². The van der Waals surface area contributed by atoms with Gasteiger partial charge < -0.3 is 9.47 Å². The first-order valence-corrected chi connectivity index (χ1v) is 7.75. The Kier molecular flexibility index (Phi) is 7.78. The van der Waals surface area contributed by atoms with Gasteiger partial charge in [-0.1, -0.05) is 0 Å². The normalized spacial score (nSPS) is 12.9. The summed E-state index contributed by atoms with van der Waals surface area (Å²) in [6.07, 6.45) is 0. The van der Waals surface area contributed by atoms with Crippen molar-refractivity contribution in [3.63, 3.8) is 0 Å². The Morgan fingerprint density at radius 1 is 1.47 bits per heavy atom. The Bertz CT molecular complexity index is 397. The number of hydrogen-bond acceptors (Lipinski definition) is 5. The highest BCUT2D eigenvalue weighted by Crippen LogP contribution is 2.23. The molecule has 0 amide bonds.